The van der Waals surface area contributed by atoms with E-state index in [1.807, 2.05) is 0 Å². The summed E-state index contributed by atoms with van der Waals surface area (Å²) < 4.78 is 13.4. The molecule has 0 unspecified atom stereocenters. The lowest BCUT2D eigenvalue weighted by Crippen LogP contribution is -2.23. The predicted molar refractivity (Wildman–Crippen MR) is 86.2 cm³/mol. The van der Waals surface area contributed by atoms with Crippen molar-refractivity contribution in [2.24, 2.45) is 0 Å². The maximum Gasteiger partial charge on any atom is 0.272 e. The van der Waals surface area contributed by atoms with Crippen molar-refractivity contribution in [3.05, 3.63) is 69.2 Å². The highest BCUT2D eigenvalue weighted by molar-refractivity contribution is 6.05. The first kappa shape index (κ1) is 16.5. The van der Waals surface area contributed by atoms with Gasteiger partial charge in [0.25, 0.3) is 11.6 Å². The van der Waals surface area contributed by atoms with Crippen LogP contribution in [0.15, 0.2) is 36.4 Å². The zero-order valence-electron chi connectivity index (χ0n) is 12.8. The van der Waals surface area contributed by atoms with Crippen molar-refractivity contribution in [1.29, 1.82) is 0 Å². The Morgan fingerprint density at radius 3 is 2.84 bits per heavy atom. The van der Waals surface area contributed by atoms with Crippen molar-refractivity contribution < 1.29 is 19.2 Å². The van der Waals surface area contributed by atoms with Crippen LogP contribution in [-0.2, 0) is 13.2 Å². The minimum atomic E-state index is -0.553. The second-order valence-corrected chi connectivity index (χ2v) is 5.33. The van der Waals surface area contributed by atoms with Gasteiger partial charge in [-0.25, -0.2) is 4.39 Å². The van der Waals surface area contributed by atoms with Gasteiger partial charge in [-0.15, -0.1) is 0 Å². The molecule has 8 nitrogen and oxygen atoms in total. The summed E-state index contributed by atoms with van der Waals surface area (Å²) in [6.07, 6.45) is 0. The Kier molecular flexibility index (Phi) is 4.40. The van der Waals surface area contributed by atoms with E-state index in [1.165, 1.54) is 36.4 Å². The molecule has 3 rings (SSSR count). The first-order valence-corrected chi connectivity index (χ1v) is 7.28. The monoisotopic (exact) mass is 344 g/mol. The van der Waals surface area contributed by atoms with Crippen LogP contribution in [0, 0.1) is 15.9 Å². The Morgan fingerprint density at radius 2 is 2.12 bits per heavy atom. The summed E-state index contributed by atoms with van der Waals surface area (Å²) in [6.45, 7) is -0.351. The van der Waals surface area contributed by atoms with Crippen LogP contribution < -0.4 is 5.32 Å². The number of hydrogen-bond donors (Lipinski definition) is 3. The summed E-state index contributed by atoms with van der Waals surface area (Å²) in [6, 6.07) is 8.21. The number of non-ortho nitro benzene ring substituents is 1. The number of amides is 1. The number of H-pyrrole nitrogens is 1. The van der Waals surface area contributed by atoms with Gasteiger partial charge < -0.3 is 10.4 Å². The standard InChI is InChI=1S/C16H13FN4O4/c17-13-3-1-9(5-10(13)8-22)7-18-16(23)15-12-6-11(21(24)25)2-4-14(12)19-20-15/h1-6,22H,7-8H2,(H,18,23)(H,19,20). The molecule has 0 aliphatic heterocycles. The molecule has 1 aromatic heterocycles. The smallest absolute Gasteiger partial charge is 0.272 e. The number of benzene rings is 2. The number of fused-ring (bicyclic) bond motifs is 1. The molecule has 0 atom stereocenters. The normalized spacial score (nSPS) is 10.8. The summed E-state index contributed by atoms with van der Waals surface area (Å²) in [5.74, 6) is -1.05. The maximum absolute atomic E-state index is 13.4. The lowest BCUT2D eigenvalue weighted by molar-refractivity contribution is -0.384. The van der Waals surface area contributed by atoms with Gasteiger partial charge in [-0.1, -0.05) is 6.07 Å². The van der Waals surface area contributed by atoms with Gasteiger partial charge in [-0.3, -0.25) is 20.0 Å². The lowest BCUT2D eigenvalue weighted by atomic mass is 10.1. The van der Waals surface area contributed by atoms with Crippen LogP contribution in [0.1, 0.15) is 21.6 Å². The fourth-order valence-electron chi connectivity index (χ4n) is 2.41. The van der Waals surface area contributed by atoms with Crippen LogP contribution in [-0.4, -0.2) is 26.1 Å². The second kappa shape index (κ2) is 6.65. The highest BCUT2D eigenvalue weighted by Gasteiger charge is 2.17. The first-order chi connectivity index (χ1) is 12.0. The topological polar surface area (TPSA) is 121 Å². The molecule has 0 saturated heterocycles. The molecule has 2 aromatic carbocycles. The number of rotatable bonds is 5. The van der Waals surface area contributed by atoms with Gasteiger partial charge in [0.1, 0.15) is 5.82 Å². The van der Waals surface area contributed by atoms with Gasteiger partial charge in [0.15, 0.2) is 5.69 Å². The number of nitrogens with zero attached hydrogens (tertiary/aromatic N) is 2. The van der Waals surface area contributed by atoms with E-state index in [-0.39, 0.29) is 23.5 Å². The average molecular weight is 344 g/mol. The molecule has 3 aromatic rings. The molecule has 25 heavy (non-hydrogen) atoms. The molecule has 9 heteroatoms. The third kappa shape index (κ3) is 3.31. The van der Waals surface area contributed by atoms with Gasteiger partial charge in [0.2, 0.25) is 0 Å². The lowest BCUT2D eigenvalue weighted by Gasteiger charge is -2.06. The minimum absolute atomic E-state index is 0.0307. The number of hydrogen-bond acceptors (Lipinski definition) is 5. The summed E-state index contributed by atoms with van der Waals surface area (Å²) >= 11 is 0. The van der Waals surface area contributed by atoms with Gasteiger partial charge >= 0.3 is 0 Å². The number of nitro groups is 1. The Labute approximate surface area is 140 Å². The Morgan fingerprint density at radius 1 is 1.32 bits per heavy atom. The fraction of sp³-hybridized carbons (Fsp3) is 0.125. The van der Waals surface area contributed by atoms with Crippen LogP contribution in [0.4, 0.5) is 10.1 Å². The number of halogens is 1. The summed E-state index contributed by atoms with van der Waals surface area (Å²) in [5, 5.41) is 29.4. The summed E-state index contributed by atoms with van der Waals surface area (Å²) in [4.78, 5) is 22.6. The van der Waals surface area contributed by atoms with Crippen LogP contribution >= 0.6 is 0 Å². The van der Waals surface area contributed by atoms with Crippen molar-refractivity contribution in [3.8, 4) is 0 Å². The van der Waals surface area contributed by atoms with Gasteiger partial charge in [-0.2, -0.15) is 5.10 Å². The molecular formula is C16H13FN4O4. The zero-order valence-corrected chi connectivity index (χ0v) is 12.8. The predicted octanol–water partition coefficient (Wildman–Crippen LogP) is 2.03. The minimum Gasteiger partial charge on any atom is -0.392 e. The van der Waals surface area contributed by atoms with E-state index >= 15 is 0 Å². The molecule has 0 aliphatic rings. The number of aliphatic hydroxyl groups is 1. The average Bonchev–Trinajstić information content (AvgIpc) is 3.03. The number of carbonyl (C=O) groups excluding carboxylic acids is 1. The third-order valence-corrected chi connectivity index (χ3v) is 3.71. The van der Waals surface area contributed by atoms with Gasteiger partial charge in [0, 0.05) is 29.6 Å². The number of nitrogens with one attached hydrogen (secondary N) is 2. The number of aliphatic hydroxyl groups excluding tert-OH is 1. The highest BCUT2D eigenvalue weighted by atomic mass is 19.1. The zero-order chi connectivity index (χ0) is 18.0. The van der Waals surface area contributed by atoms with Crippen LogP contribution in [0.3, 0.4) is 0 Å². The van der Waals surface area contributed by atoms with Crippen LogP contribution in [0.25, 0.3) is 10.9 Å². The molecule has 0 bridgehead atoms. The van der Waals surface area contributed by atoms with Crippen LogP contribution in [0.2, 0.25) is 0 Å². The van der Waals surface area contributed by atoms with Crippen molar-refractivity contribution in [2.45, 2.75) is 13.2 Å². The van der Waals surface area contributed by atoms with E-state index in [0.29, 0.717) is 16.5 Å². The molecule has 1 amide bonds. The molecule has 0 saturated carbocycles. The summed E-state index contributed by atoms with van der Waals surface area (Å²) in [7, 11) is 0. The molecule has 0 spiro atoms. The fourth-order valence-corrected chi connectivity index (χ4v) is 2.41. The Hall–Kier alpha value is -3.33. The quantitative estimate of drug-likeness (QED) is 0.483. The Bertz CT molecular complexity index is 970. The van der Waals surface area contributed by atoms with Crippen molar-refractivity contribution in [2.75, 3.05) is 0 Å². The number of aromatic nitrogens is 2. The van der Waals surface area contributed by atoms with E-state index in [4.69, 9.17) is 5.11 Å². The Balaban J connectivity index is 1.80. The van der Waals surface area contributed by atoms with Gasteiger partial charge in [0.05, 0.1) is 17.0 Å². The number of carbonyl (C=O) groups is 1. The van der Waals surface area contributed by atoms with E-state index in [2.05, 4.69) is 15.5 Å². The summed E-state index contributed by atoms with van der Waals surface area (Å²) in [5.41, 5.74) is 1.12. The molecular weight excluding hydrogens is 331 g/mol. The largest absolute Gasteiger partial charge is 0.392 e. The molecule has 3 N–H and O–H groups in total. The highest BCUT2D eigenvalue weighted by Crippen LogP contribution is 2.22. The second-order valence-electron chi connectivity index (χ2n) is 5.33. The number of nitro benzene ring substituents is 1. The maximum atomic E-state index is 13.4. The van der Waals surface area contributed by atoms with E-state index in [0.717, 1.165) is 0 Å². The molecule has 0 aliphatic carbocycles. The molecule has 0 radical (unpaired) electrons. The van der Waals surface area contributed by atoms with E-state index in [9.17, 15) is 19.3 Å². The van der Waals surface area contributed by atoms with Gasteiger partial charge in [-0.05, 0) is 23.8 Å². The van der Waals surface area contributed by atoms with Crippen molar-refractivity contribution >= 4 is 22.5 Å². The first-order valence-electron chi connectivity index (χ1n) is 7.28. The number of aromatic amines is 1. The molecule has 1 heterocycles. The third-order valence-electron chi connectivity index (χ3n) is 3.71. The van der Waals surface area contributed by atoms with Crippen LogP contribution in [0.5, 0.6) is 0 Å². The SMILES string of the molecule is O=C(NCc1ccc(F)c(CO)c1)c1n[nH]c2ccc([N+](=O)[O-])cc12. The van der Waals surface area contributed by atoms with E-state index < -0.39 is 23.3 Å². The molecule has 128 valence electrons. The van der Waals surface area contributed by atoms with E-state index in [1.54, 1.807) is 0 Å². The molecule has 0 fully saturated rings. The van der Waals surface area contributed by atoms with Crippen molar-refractivity contribution in [3.63, 3.8) is 0 Å². The van der Waals surface area contributed by atoms with Crippen molar-refractivity contribution in [1.82, 2.24) is 15.5 Å².